The Balaban J connectivity index is 2.64. The van der Waals surface area contributed by atoms with Crippen molar-refractivity contribution in [2.24, 2.45) is 0 Å². The van der Waals surface area contributed by atoms with E-state index in [0.29, 0.717) is 16.5 Å². The lowest BCUT2D eigenvalue weighted by Crippen LogP contribution is -1.92. The Bertz CT molecular complexity index is 545. The largest absolute Gasteiger partial charge is 0.506 e. The minimum absolute atomic E-state index is 0.0503. The molecule has 94 valence electrons. The van der Waals surface area contributed by atoms with E-state index in [1.165, 1.54) is 0 Å². The zero-order valence-corrected chi connectivity index (χ0v) is 10.9. The van der Waals surface area contributed by atoms with Gasteiger partial charge in [0, 0.05) is 0 Å². The normalized spacial score (nSPS) is 10.2. The summed E-state index contributed by atoms with van der Waals surface area (Å²) in [5, 5.41) is 9.74. The molecule has 2 rings (SSSR count). The molecule has 4 heteroatoms. The van der Waals surface area contributed by atoms with E-state index in [1.54, 1.807) is 32.4 Å². The molecule has 1 N–H and O–H groups in total. The predicted molar refractivity (Wildman–Crippen MR) is 71.7 cm³/mol. The molecule has 0 fully saturated rings. The fraction of sp³-hybridized carbons (Fsp3) is 0.143. The van der Waals surface area contributed by atoms with E-state index in [2.05, 4.69) is 0 Å². The molecule has 0 aliphatic heterocycles. The van der Waals surface area contributed by atoms with Gasteiger partial charge in [0.05, 0.1) is 24.8 Å². The summed E-state index contributed by atoms with van der Waals surface area (Å²) in [5.74, 6) is 1.43. The Hall–Kier alpha value is -1.87. The smallest absolute Gasteiger partial charge is 0.134 e. The van der Waals surface area contributed by atoms with E-state index < -0.39 is 0 Å². The van der Waals surface area contributed by atoms with Crippen molar-refractivity contribution in [1.29, 1.82) is 0 Å². The third-order valence-corrected chi connectivity index (χ3v) is 2.97. The van der Waals surface area contributed by atoms with Gasteiger partial charge in [-0.15, -0.1) is 0 Å². The van der Waals surface area contributed by atoms with E-state index in [0.717, 1.165) is 11.1 Å². The number of ether oxygens (including phenoxy) is 2. The number of benzene rings is 2. The highest BCUT2D eigenvalue weighted by Gasteiger charge is 2.13. The predicted octanol–water partition coefficient (Wildman–Crippen LogP) is 3.73. The molecule has 0 saturated heterocycles. The van der Waals surface area contributed by atoms with E-state index in [-0.39, 0.29) is 5.75 Å². The van der Waals surface area contributed by atoms with Gasteiger partial charge in [-0.1, -0.05) is 23.7 Å². The van der Waals surface area contributed by atoms with Crippen molar-refractivity contribution in [3.63, 3.8) is 0 Å². The van der Waals surface area contributed by atoms with Crippen molar-refractivity contribution >= 4 is 11.6 Å². The average Bonchev–Trinajstić information content (AvgIpc) is 2.41. The Kier molecular flexibility index (Phi) is 3.63. The first-order valence-corrected chi connectivity index (χ1v) is 5.75. The number of halogens is 1. The van der Waals surface area contributed by atoms with Crippen LogP contribution in [-0.2, 0) is 0 Å². The summed E-state index contributed by atoms with van der Waals surface area (Å²) in [4.78, 5) is 0. The maximum atomic E-state index is 9.45. The first kappa shape index (κ1) is 12.6. The van der Waals surface area contributed by atoms with Crippen LogP contribution in [0.25, 0.3) is 11.1 Å². The summed E-state index contributed by atoms with van der Waals surface area (Å²) in [7, 11) is 3.20. The molecule has 0 saturated carbocycles. The second-order valence-corrected chi connectivity index (χ2v) is 4.11. The molecule has 0 atom stereocenters. The van der Waals surface area contributed by atoms with E-state index >= 15 is 0 Å². The maximum Gasteiger partial charge on any atom is 0.134 e. The number of aromatic hydroxyl groups is 1. The third kappa shape index (κ3) is 2.22. The van der Waals surface area contributed by atoms with Crippen molar-refractivity contribution in [2.75, 3.05) is 14.2 Å². The molecule has 0 aliphatic rings. The number of phenols is 1. The summed E-state index contributed by atoms with van der Waals surface area (Å²) in [6, 6.07) is 10.5. The van der Waals surface area contributed by atoms with E-state index in [9.17, 15) is 5.11 Å². The molecule has 0 heterocycles. The SMILES string of the molecule is COc1cccc(OC)c1-c1ccc(O)c(Cl)c1. The van der Waals surface area contributed by atoms with Gasteiger partial charge in [-0.25, -0.2) is 0 Å². The fourth-order valence-corrected chi connectivity index (χ4v) is 1.98. The number of hydrogen-bond acceptors (Lipinski definition) is 3. The lowest BCUT2D eigenvalue weighted by atomic mass is 10.0. The Labute approximate surface area is 111 Å². The Morgan fingerprint density at radius 2 is 1.61 bits per heavy atom. The monoisotopic (exact) mass is 264 g/mol. The number of rotatable bonds is 3. The highest BCUT2D eigenvalue weighted by Crippen LogP contribution is 2.40. The van der Waals surface area contributed by atoms with Crippen LogP contribution < -0.4 is 9.47 Å². The van der Waals surface area contributed by atoms with Crippen LogP contribution in [0.1, 0.15) is 0 Å². The maximum absolute atomic E-state index is 9.45. The number of phenolic OH excluding ortho intramolecular Hbond substituents is 1. The van der Waals surface area contributed by atoms with Crippen molar-refractivity contribution in [1.82, 2.24) is 0 Å². The minimum Gasteiger partial charge on any atom is -0.506 e. The summed E-state index contributed by atoms with van der Waals surface area (Å²) in [6.07, 6.45) is 0. The van der Waals surface area contributed by atoms with Crippen LogP contribution in [0.15, 0.2) is 36.4 Å². The highest BCUT2D eigenvalue weighted by molar-refractivity contribution is 6.32. The second-order valence-electron chi connectivity index (χ2n) is 3.70. The van der Waals surface area contributed by atoms with Gasteiger partial charge in [-0.2, -0.15) is 0 Å². The Morgan fingerprint density at radius 3 is 2.11 bits per heavy atom. The van der Waals surface area contributed by atoms with Crippen molar-refractivity contribution in [3.05, 3.63) is 41.4 Å². The quantitative estimate of drug-likeness (QED) is 0.918. The van der Waals surface area contributed by atoms with Crippen LogP contribution in [0.3, 0.4) is 0 Å². The Morgan fingerprint density at radius 1 is 1.00 bits per heavy atom. The van der Waals surface area contributed by atoms with Gasteiger partial charge in [0.2, 0.25) is 0 Å². The lowest BCUT2D eigenvalue weighted by molar-refractivity contribution is 0.397. The lowest BCUT2D eigenvalue weighted by Gasteiger charge is -2.13. The molecule has 3 nitrogen and oxygen atoms in total. The molecule has 0 spiro atoms. The van der Waals surface area contributed by atoms with Crippen LogP contribution in [0.5, 0.6) is 17.2 Å². The molecule has 0 bridgehead atoms. The van der Waals surface area contributed by atoms with Crippen LogP contribution in [0, 0.1) is 0 Å². The van der Waals surface area contributed by atoms with E-state index in [1.807, 2.05) is 18.2 Å². The molecule has 0 aromatic heterocycles. The molecular weight excluding hydrogens is 252 g/mol. The highest BCUT2D eigenvalue weighted by atomic mass is 35.5. The van der Waals surface area contributed by atoms with Gasteiger partial charge < -0.3 is 14.6 Å². The average molecular weight is 265 g/mol. The molecule has 0 amide bonds. The zero-order chi connectivity index (χ0) is 13.1. The fourth-order valence-electron chi connectivity index (χ4n) is 1.80. The third-order valence-electron chi connectivity index (χ3n) is 2.66. The van der Waals surface area contributed by atoms with Crippen molar-refractivity contribution < 1.29 is 14.6 Å². The number of hydrogen-bond donors (Lipinski definition) is 1. The van der Waals surface area contributed by atoms with Gasteiger partial charge in [0.25, 0.3) is 0 Å². The molecular formula is C14H13ClO3. The van der Waals surface area contributed by atoms with Crippen molar-refractivity contribution in [3.8, 4) is 28.4 Å². The van der Waals surface area contributed by atoms with Gasteiger partial charge >= 0.3 is 0 Å². The van der Waals surface area contributed by atoms with Gasteiger partial charge in [0.15, 0.2) is 0 Å². The minimum atomic E-state index is 0.0503. The van der Waals surface area contributed by atoms with Gasteiger partial charge in [-0.05, 0) is 29.8 Å². The molecule has 2 aromatic carbocycles. The first-order chi connectivity index (χ1) is 8.67. The summed E-state index contributed by atoms with van der Waals surface area (Å²) in [6.45, 7) is 0. The molecule has 0 radical (unpaired) electrons. The standard InChI is InChI=1S/C14H13ClO3/c1-17-12-4-3-5-13(18-2)14(12)9-6-7-11(16)10(15)8-9/h3-8,16H,1-2H3. The number of methoxy groups -OCH3 is 2. The summed E-state index contributed by atoms with van der Waals surface area (Å²) < 4.78 is 10.7. The topological polar surface area (TPSA) is 38.7 Å². The van der Waals surface area contributed by atoms with Crippen LogP contribution in [-0.4, -0.2) is 19.3 Å². The second kappa shape index (κ2) is 5.19. The molecule has 0 aliphatic carbocycles. The zero-order valence-electron chi connectivity index (χ0n) is 10.1. The van der Waals surface area contributed by atoms with Crippen LogP contribution in [0.4, 0.5) is 0 Å². The summed E-state index contributed by atoms with van der Waals surface area (Å²) >= 11 is 5.92. The van der Waals surface area contributed by atoms with Gasteiger partial charge in [0.1, 0.15) is 17.2 Å². The van der Waals surface area contributed by atoms with Crippen LogP contribution >= 0.6 is 11.6 Å². The molecule has 0 unspecified atom stereocenters. The van der Waals surface area contributed by atoms with Crippen LogP contribution in [0.2, 0.25) is 5.02 Å². The summed E-state index contributed by atoms with van der Waals surface area (Å²) in [5.41, 5.74) is 1.64. The van der Waals surface area contributed by atoms with Crippen molar-refractivity contribution in [2.45, 2.75) is 0 Å². The molecule has 2 aromatic rings. The molecule has 18 heavy (non-hydrogen) atoms. The van der Waals surface area contributed by atoms with Gasteiger partial charge in [-0.3, -0.25) is 0 Å². The van der Waals surface area contributed by atoms with E-state index in [4.69, 9.17) is 21.1 Å². The first-order valence-electron chi connectivity index (χ1n) is 5.37.